The van der Waals surface area contributed by atoms with Crippen molar-refractivity contribution in [3.05, 3.63) is 28.2 Å². The molecule has 2 rings (SSSR count). The molecule has 0 bridgehead atoms. The zero-order chi connectivity index (χ0) is 12.6. The molecule has 0 aliphatic carbocycles. The first kappa shape index (κ1) is 11.8. The Hall–Kier alpha value is -1.63. The van der Waals surface area contributed by atoms with Crippen LogP contribution in [0.2, 0.25) is 0 Å². The van der Waals surface area contributed by atoms with Crippen molar-refractivity contribution < 1.29 is 18.0 Å². The predicted molar refractivity (Wildman–Crippen MR) is 60.5 cm³/mol. The molecule has 2 aromatic rings. The number of hydrogen-bond acceptors (Lipinski definition) is 4. The molecule has 0 spiro atoms. The van der Waals surface area contributed by atoms with E-state index in [0.29, 0.717) is 0 Å². The van der Waals surface area contributed by atoms with E-state index in [1.165, 1.54) is 19.2 Å². The average molecular weight is 305 g/mol. The third-order valence-electron chi connectivity index (χ3n) is 2.12. The summed E-state index contributed by atoms with van der Waals surface area (Å²) in [6.07, 6.45) is 0. The quantitative estimate of drug-likeness (QED) is 0.867. The topological polar surface area (TPSA) is 61.3 Å². The highest BCUT2D eigenvalue weighted by Gasteiger charge is 2.21. The van der Waals surface area contributed by atoms with Gasteiger partial charge in [0.25, 0.3) is 0 Å². The summed E-state index contributed by atoms with van der Waals surface area (Å²) >= 11 is 2.90. The van der Waals surface area contributed by atoms with Crippen LogP contribution in [0.5, 0.6) is 5.75 Å². The molecule has 4 nitrogen and oxygen atoms in total. The number of anilines is 1. The van der Waals surface area contributed by atoms with E-state index >= 15 is 0 Å². The van der Waals surface area contributed by atoms with Gasteiger partial charge in [0.05, 0.1) is 17.1 Å². The smallest absolute Gasteiger partial charge is 0.202 e. The van der Waals surface area contributed by atoms with E-state index in [2.05, 4.69) is 21.1 Å². The number of nitrogen functional groups attached to an aromatic ring is 1. The van der Waals surface area contributed by atoms with E-state index in [1.54, 1.807) is 0 Å². The van der Waals surface area contributed by atoms with Gasteiger partial charge in [-0.2, -0.15) is 4.39 Å². The molecule has 0 saturated heterocycles. The summed E-state index contributed by atoms with van der Waals surface area (Å²) in [5.74, 6) is -2.06. The van der Waals surface area contributed by atoms with Crippen LogP contribution in [0.25, 0.3) is 11.3 Å². The highest BCUT2D eigenvalue weighted by Crippen LogP contribution is 2.37. The van der Waals surface area contributed by atoms with Gasteiger partial charge < -0.3 is 15.0 Å². The van der Waals surface area contributed by atoms with Crippen LogP contribution in [-0.4, -0.2) is 12.3 Å². The normalized spacial score (nSPS) is 10.6. The second kappa shape index (κ2) is 4.33. The van der Waals surface area contributed by atoms with Gasteiger partial charge in [-0.1, -0.05) is 5.16 Å². The summed E-state index contributed by atoms with van der Waals surface area (Å²) < 4.78 is 36.5. The molecule has 0 aliphatic heterocycles. The number of nitrogens with two attached hydrogens (primary N) is 1. The number of methoxy groups -OCH3 is 1. The molecule has 7 heteroatoms. The summed E-state index contributed by atoms with van der Waals surface area (Å²) in [5.41, 5.74) is 5.61. The third kappa shape index (κ3) is 1.97. The zero-order valence-corrected chi connectivity index (χ0v) is 10.2. The van der Waals surface area contributed by atoms with Crippen LogP contribution in [0.3, 0.4) is 0 Å². The number of halogens is 3. The lowest BCUT2D eigenvalue weighted by molar-refractivity contribution is 0.368. The van der Waals surface area contributed by atoms with Crippen LogP contribution in [0, 0.1) is 11.6 Å². The Bertz CT molecular complexity index is 572. The van der Waals surface area contributed by atoms with Crippen LogP contribution in [-0.2, 0) is 0 Å². The van der Waals surface area contributed by atoms with Gasteiger partial charge in [-0.15, -0.1) is 0 Å². The lowest BCUT2D eigenvalue weighted by atomic mass is 10.1. The van der Waals surface area contributed by atoms with E-state index in [1.807, 2.05) is 0 Å². The molecule has 0 radical (unpaired) electrons. The van der Waals surface area contributed by atoms with Crippen molar-refractivity contribution >= 4 is 21.7 Å². The minimum atomic E-state index is -1.10. The van der Waals surface area contributed by atoms with E-state index in [-0.39, 0.29) is 27.4 Å². The SMILES string of the molecule is COc1c(-c2cc(N)no2)cc(Br)c(F)c1F. The van der Waals surface area contributed by atoms with Crippen LogP contribution < -0.4 is 10.5 Å². The molecule has 2 N–H and O–H groups in total. The summed E-state index contributed by atoms with van der Waals surface area (Å²) in [6.45, 7) is 0. The maximum Gasteiger partial charge on any atom is 0.202 e. The van der Waals surface area contributed by atoms with Crippen LogP contribution in [0.1, 0.15) is 0 Å². The molecule has 1 aromatic carbocycles. The van der Waals surface area contributed by atoms with E-state index < -0.39 is 11.6 Å². The number of hydrogen-bond donors (Lipinski definition) is 1. The fourth-order valence-electron chi connectivity index (χ4n) is 1.38. The Morgan fingerprint density at radius 3 is 2.59 bits per heavy atom. The van der Waals surface area contributed by atoms with Crippen molar-refractivity contribution in [2.24, 2.45) is 0 Å². The monoisotopic (exact) mass is 304 g/mol. The number of rotatable bonds is 2. The third-order valence-corrected chi connectivity index (χ3v) is 2.69. The summed E-state index contributed by atoms with van der Waals surface area (Å²) in [4.78, 5) is 0. The molecular weight excluding hydrogens is 298 g/mol. The fraction of sp³-hybridized carbons (Fsp3) is 0.100. The lowest BCUT2D eigenvalue weighted by Crippen LogP contribution is -1.96. The van der Waals surface area contributed by atoms with E-state index in [0.717, 1.165) is 0 Å². The molecule has 0 fully saturated rings. The number of benzene rings is 1. The average Bonchev–Trinajstić information content (AvgIpc) is 2.72. The Balaban J connectivity index is 2.69. The Labute approximate surface area is 103 Å². The minimum absolute atomic E-state index is 0.0410. The molecule has 90 valence electrons. The molecule has 0 amide bonds. The number of aromatic nitrogens is 1. The molecule has 0 unspecified atom stereocenters. The highest BCUT2D eigenvalue weighted by atomic mass is 79.9. The van der Waals surface area contributed by atoms with Gasteiger partial charge >= 0.3 is 0 Å². The number of nitrogens with zero attached hydrogens (tertiary/aromatic N) is 1. The van der Waals surface area contributed by atoms with Gasteiger partial charge in [-0.25, -0.2) is 4.39 Å². The largest absolute Gasteiger partial charge is 0.493 e. The second-order valence-electron chi connectivity index (χ2n) is 3.18. The second-order valence-corrected chi connectivity index (χ2v) is 4.04. The van der Waals surface area contributed by atoms with Crippen molar-refractivity contribution in [1.29, 1.82) is 0 Å². The van der Waals surface area contributed by atoms with Gasteiger partial charge in [0.2, 0.25) is 5.82 Å². The van der Waals surface area contributed by atoms with E-state index in [9.17, 15) is 8.78 Å². The molecule has 17 heavy (non-hydrogen) atoms. The standard InChI is InChI=1S/C10H7BrF2N2O2/c1-16-10-4(6-3-7(14)15-17-6)2-5(11)8(12)9(10)13/h2-3H,1H3,(H2,14,15). The van der Waals surface area contributed by atoms with Crippen molar-refractivity contribution in [3.63, 3.8) is 0 Å². The molecule has 0 atom stereocenters. The van der Waals surface area contributed by atoms with Gasteiger partial charge in [0.15, 0.2) is 23.1 Å². The molecule has 0 aliphatic rings. The van der Waals surface area contributed by atoms with Crippen molar-refractivity contribution in [2.45, 2.75) is 0 Å². The molecule has 0 saturated carbocycles. The predicted octanol–water partition coefficient (Wildman–Crippen LogP) is 2.97. The highest BCUT2D eigenvalue weighted by molar-refractivity contribution is 9.10. The first-order valence-corrected chi connectivity index (χ1v) is 5.28. The first-order valence-electron chi connectivity index (χ1n) is 4.48. The summed E-state index contributed by atoms with van der Waals surface area (Å²) in [7, 11) is 1.23. The molecule has 1 heterocycles. The van der Waals surface area contributed by atoms with Crippen molar-refractivity contribution in [3.8, 4) is 17.1 Å². The summed E-state index contributed by atoms with van der Waals surface area (Å²) in [5, 5.41) is 3.47. The Kier molecular flexibility index (Phi) is 3.01. The van der Waals surface area contributed by atoms with Gasteiger partial charge in [-0.05, 0) is 22.0 Å². The van der Waals surface area contributed by atoms with Gasteiger partial charge in [0.1, 0.15) is 0 Å². The van der Waals surface area contributed by atoms with Crippen molar-refractivity contribution in [2.75, 3.05) is 12.8 Å². The Morgan fingerprint density at radius 2 is 2.06 bits per heavy atom. The maximum absolute atomic E-state index is 13.6. The summed E-state index contributed by atoms with van der Waals surface area (Å²) in [6, 6.07) is 2.72. The molecular formula is C10H7BrF2N2O2. The van der Waals surface area contributed by atoms with E-state index in [4.69, 9.17) is 15.0 Å². The first-order chi connectivity index (χ1) is 8.04. The minimum Gasteiger partial charge on any atom is -0.493 e. The van der Waals surface area contributed by atoms with Gasteiger partial charge in [0, 0.05) is 6.07 Å². The Morgan fingerprint density at radius 1 is 1.35 bits per heavy atom. The van der Waals surface area contributed by atoms with Crippen LogP contribution >= 0.6 is 15.9 Å². The number of ether oxygens (including phenoxy) is 1. The maximum atomic E-state index is 13.6. The van der Waals surface area contributed by atoms with Crippen LogP contribution in [0.4, 0.5) is 14.6 Å². The fourth-order valence-corrected chi connectivity index (χ4v) is 1.78. The lowest BCUT2D eigenvalue weighted by Gasteiger charge is -2.08. The van der Waals surface area contributed by atoms with Crippen LogP contribution in [0.15, 0.2) is 21.1 Å². The molecule has 1 aromatic heterocycles. The van der Waals surface area contributed by atoms with Gasteiger partial charge in [-0.3, -0.25) is 0 Å². The zero-order valence-electron chi connectivity index (χ0n) is 8.63. The van der Waals surface area contributed by atoms with Crippen molar-refractivity contribution in [1.82, 2.24) is 5.16 Å².